The van der Waals surface area contributed by atoms with Gasteiger partial charge in [-0.25, -0.2) is 9.59 Å². The van der Waals surface area contributed by atoms with Crippen LogP contribution in [0.3, 0.4) is 0 Å². The van der Waals surface area contributed by atoms with E-state index >= 15 is 0 Å². The van der Waals surface area contributed by atoms with Crippen molar-refractivity contribution < 1.29 is 28.6 Å². The third-order valence-electron chi connectivity index (χ3n) is 5.90. The molecule has 188 valence electrons. The number of aliphatic hydroxyl groups excluding tert-OH is 1. The number of anilines is 1. The van der Waals surface area contributed by atoms with Crippen LogP contribution in [0.2, 0.25) is 0 Å². The summed E-state index contributed by atoms with van der Waals surface area (Å²) in [6.45, 7) is -0.242. The summed E-state index contributed by atoms with van der Waals surface area (Å²) in [6, 6.07) is 19.3. The summed E-state index contributed by atoms with van der Waals surface area (Å²) in [6.07, 6.45) is 0. The fourth-order valence-corrected chi connectivity index (χ4v) is 4.79. The molecule has 1 unspecified atom stereocenters. The molecule has 10 heteroatoms. The Morgan fingerprint density at radius 1 is 1.11 bits per heavy atom. The van der Waals surface area contributed by atoms with Crippen LogP contribution in [0.25, 0.3) is 11.3 Å². The lowest BCUT2D eigenvalue weighted by Crippen LogP contribution is -2.40. The maximum absolute atomic E-state index is 13.2. The molecule has 2 heterocycles. The lowest BCUT2D eigenvalue weighted by Gasteiger charge is -2.36. The molecule has 3 N–H and O–H groups in total. The molecule has 0 aliphatic carbocycles. The van der Waals surface area contributed by atoms with Crippen LogP contribution in [0.5, 0.6) is 0 Å². The average molecular weight is 564 g/mol. The van der Waals surface area contributed by atoms with Gasteiger partial charge in [-0.3, -0.25) is 4.90 Å². The lowest BCUT2D eigenvalue weighted by atomic mass is 9.81. The third kappa shape index (κ3) is 4.62. The van der Waals surface area contributed by atoms with Crippen LogP contribution in [0, 0.1) is 11.3 Å². The van der Waals surface area contributed by atoms with Crippen molar-refractivity contribution in [1.29, 1.82) is 5.26 Å². The number of nitrogens with zero attached hydrogens (tertiary/aromatic N) is 2. The highest BCUT2D eigenvalue weighted by Gasteiger charge is 2.43. The predicted octanol–water partition coefficient (Wildman–Crippen LogP) is 4.10. The average Bonchev–Trinajstić information content (AvgIpc) is 3.40. The number of benzene rings is 2. The van der Waals surface area contributed by atoms with Gasteiger partial charge < -0.3 is 24.7 Å². The molecule has 0 fully saturated rings. The summed E-state index contributed by atoms with van der Waals surface area (Å²) in [5.41, 5.74) is 7.98. The molecular formula is C27H22BrN3O6. The van der Waals surface area contributed by atoms with Crippen LogP contribution in [0.15, 0.2) is 92.2 Å². The molecule has 9 nitrogen and oxygen atoms in total. The van der Waals surface area contributed by atoms with E-state index in [-0.39, 0.29) is 29.3 Å². The number of hydrogen-bond donors (Lipinski definition) is 2. The van der Waals surface area contributed by atoms with Gasteiger partial charge in [0.2, 0.25) is 0 Å². The SMILES string of the molecule is COC(=O)C1=C(C(=O)OC)N(c2ccc(-c3ccc(CO)o3)c(Br)c2)C(N)=C(C#N)C1c1ccccc1. The van der Waals surface area contributed by atoms with E-state index in [9.17, 15) is 20.0 Å². The molecule has 0 radical (unpaired) electrons. The Morgan fingerprint density at radius 2 is 1.81 bits per heavy atom. The van der Waals surface area contributed by atoms with Gasteiger partial charge in [-0.1, -0.05) is 30.3 Å². The fraction of sp³-hybridized carbons (Fsp3) is 0.148. The van der Waals surface area contributed by atoms with Gasteiger partial charge in [0.1, 0.15) is 29.6 Å². The van der Waals surface area contributed by atoms with Crippen molar-refractivity contribution in [1.82, 2.24) is 0 Å². The summed E-state index contributed by atoms with van der Waals surface area (Å²) >= 11 is 3.52. The molecule has 4 rings (SSSR count). The lowest BCUT2D eigenvalue weighted by molar-refractivity contribution is -0.139. The van der Waals surface area contributed by atoms with Crippen LogP contribution >= 0.6 is 15.9 Å². The number of methoxy groups -OCH3 is 2. The van der Waals surface area contributed by atoms with E-state index in [2.05, 4.69) is 22.0 Å². The number of esters is 2. The number of ether oxygens (including phenoxy) is 2. The molecule has 3 aromatic rings. The monoisotopic (exact) mass is 563 g/mol. The fourth-order valence-electron chi connectivity index (χ4n) is 4.23. The molecule has 0 saturated carbocycles. The van der Waals surface area contributed by atoms with Crippen molar-refractivity contribution in [3.8, 4) is 17.4 Å². The quantitative estimate of drug-likeness (QED) is 0.424. The number of hydrogen-bond acceptors (Lipinski definition) is 9. The van der Waals surface area contributed by atoms with E-state index in [0.29, 0.717) is 32.8 Å². The Morgan fingerprint density at radius 3 is 2.38 bits per heavy atom. The van der Waals surface area contributed by atoms with Crippen molar-refractivity contribution in [2.45, 2.75) is 12.5 Å². The Balaban J connectivity index is 1.96. The van der Waals surface area contributed by atoms with E-state index in [1.54, 1.807) is 60.7 Å². The summed E-state index contributed by atoms with van der Waals surface area (Å²) in [5, 5.41) is 19.5. The Kier molecular flexibility index (Phi) is 7.47. The van der Waals surface area contributed by atoms with Crippen molar-refractivity contribution in [3.63, 3.8) is 0 Å². The topological polar surface area (TPSA) is 139 Å². The first kappa shape index (κ1) is 25.8. The molecule has 1 atom stereocenters. The second kappa shape index (κ2) is 10.7. The maximum Gasteiger partial charge on any atom is 0.355 e. The second-order valence-electron chi connectivity index (χ2n) is 7.92. The van der Waals surface area contributed by atoms with Gasteiger partial charge in [0.25, 0.3) is 0 Å². The van der Waals surface area contributed by atoms with Gasteiger partial charge >= 0.3 is 11.9 Å². The zero-order valence-electron chi connectivity index (χ0n) is 19.9. The molecule has 1 aliphatic rings. The molecule has 0 amide bonds. The molecule has 37 heavy (non-hydrogen) atoms. The van der Waals surface area contributed by atoms with Crippen LogP contribution < -0.4 is 10.6 Å². The van der Waals surface area contributed by atoms with Crippen molar-refractivity contribution >= 4 is 33.6 Å². The minimum Gasteiger partial charge on any atom is -0.466 e. The Bertz CT molecular complexity index is 1470. The highest BCUT2D eigenvalue weighted by atomic mass is 79.9. The van der Waals surface area contributed by atoms with Gasteiger partial charge in [0.05, 0.1) is 37.4 Å². The predicted molar refractivity (Wildman–Crippen MR) is 137 cm³/mol. The Labute approximate surface area is 221 Å². The first-order chi connectivity index (χ1) is 17.9. The number of nitrogens with two attached hydrogens (primary N) is 1. The van der Waals surface area contributed by atoms with E-state index in [4.69, 9.17) is 19.6 Å². The minimum atomic E-state index is -0.952. The summed E-state index contributed by atoms with van der Waals surface area (Å²) < 4.78 is 16.3. The van der Waals surface area contributed by atoms with E-state index in [1.165, 1.54) is 19.1 Å². The summed E-state index contributed by atoms with van der Waals surface area (Å²) in [5.74, 6) is -1.72. The molecule has 0 bridgehead atoms. The number of carbonyl (C=O) groups is 2. The number of halogens is 1. The van der Waals surface area contributed by atoms with Crippen molar-refractivity contribution in [2.24, 2.45) is 5.73 Å². The first-order valence-corrected chi connectivity index (χ1v) is 11.8. The molecular weight excluding hydrogens is 542 g/mol. The Hall–Kier alpha value is -4.33. The van der Waals surface area contributed by atoms with Gasteiger partial charge in [-0.15, -0.1) is 0 Å². The molecule has 0 saturated heterocycles. The van der Waals surface area contributed by atoms with E-state index < -0.39 is 17.9 Å². The van der Waals surface area contributed by atoms with Gasteiger partial charge in [0.15, 0.2) is 0 Å². The van der Waals surface area contributed by atoms with Gasteiger partial charge in [0, 0.05) is 15.7 Å². The zero-order chi connectivity index (χ0) is 26.7. The van der Waals surface area contributed by atoms with Crippen LogP contribution in [-0.2, 0) is 25.7 Å². The maximum atomic E-state index is 13.2. The molecule has 2 aromatic carbocycles. The molecule has 1 aromatic heterocycles. The molecule has 1 aliphatic heterocycles. The zero-order valence-corrected chi connectivity index (χ0v) is 21.5. The normalized spacial score (nSPS) is 15.4. The van der Waals surface area contributed by atoms with Crippen LogP contribution in [0.4, 0.5) is 5.69 Å². The number of allylic oxidation sites excluding steroid dienone is 1. The highest BCUT2D eigenvalue weighted by Crippen LogP contribution is 2.44. The second-order valence-corrected chi connectivity index (χ2v) is 8.78. The third-order valence-corrected chi connectivity index (χ3v) is 6.56. The number of nitriles is 1. The number of aliphatic hydroxyl groups is 1. The number of furan rings is 1. The van der Waals surface area contributed by atoms with Crippen molar-refractivity contribution in [3.05, 3.63) is 99.1 Å². The minimum absolute atomic E-state index is 0.0374. The highest BCUT2D eigenvalue weighted by molar-refractivity contribution is 9.10. The van der Waals surface area contributed by atoms with Crippen LogP contribution in [0.1, 0.15) is 17.2 Å². The van der Waals surface area contributed by atoms with Crippen LogP contribution in [-0.4, -0.2) is 31.3 Å². The standard InChI is InChI=1S/C27H22BrN3O6/c1-35-26(33)23-22(15-6-4-3-5-7-15)19(13-29)25(30)31(24(23)27(34)36-2)16-8-10-18(20(28)12-16)21-11-9-17(14-32)37-21/h3-12,22,32H,14,30H2,1-2H3. The van der Waals surface area contributed by atoms with Gasteiger partial charge in [-0.05, 0) is 51.8 Å². The smallest absolute Gasteiger partial charge is 0.355 e. The van der Waals surface area contributed by atoms with E-state index in [1.807, 2.05) is 0 Å². The largest absolute Gasteiger partial charge is 0.466 e. The van der Waals surface area contributed by atoms with Gasteiger partial charge in [-0.2, -0.15) is 5.26 Å². The molecule has 0 spiro atoms. The number of rotatable bonds is 6. The van der Waals surface area contributed by atoms with Crippen molar-refractivity contribution in [2.75, 3.05) is 19.1 Å². The number of carbonyl (C=O) groups excluding carboxylic acids is 2. The van der Waals surface area contributed by atoms with E-state index in [0.717, 1.165) is 0 Å². The summed E-state index contributed by atoms with van der Waals surface area (Å²) in [4.78, 5) is 27.6. The first-order valence-electron chi connectivity index (χ1n) is 11.0. The summed E-state index contributed by atoms with van der Waals surface area (Å²) in [7, 11) is 2.38.